The fourth-order valence-corrected chi connectivity index (χ4v) is 5.73. The Kier molecular flexibility index (Phi) is 8.25. The first-order valence-electron chi connectivity index (χ1n) is 11.3. The summed E-state index contributed by atoms with van der Waals surface area (Å²) in [4.78, 5) is 32.0. The lowest BCUT2D eigenvalue weighted by Crippen LogP contribution is -2.55. The number of piperazine rings is 1. The summed E-state index contributed by atoms with van der Waals surface area (Å²) >= 11 is 0. The summed E-state index contributed by atoms with van der Waals surface area (Å²) in [6.45, 7) is 4.26. The molecule has 4 aliphatic rings. The predicted octanol–water partition coefficient (Wildman–Crippen LogP) is 2.48. The Labute approximate surface area is 197 Å². The van der Waals surface area contributed by atoms with Crippen molar-refractivity contribution in [2.45, 2.75) is 50.6 Å². The molecule has 3 unspecified atom stereocenters. The molecular formula is C23H34Cl2N4O2. The van der Waals surface area contributed by atoms with Crippen LogP contribution in [0.4, 0.5) is 5.69 Å². The van der Waals surface area contributed by atoms with E-state index in [2.05, 4.69) is 16.3 Å². The highest BCUT2D eigenvalue weighted by atomic mass is 35.5. The van der Waals surface area contributed by atoms with Gasteiger partial charge in [0.05, 0.1) is 12.6 Å². The number of anilines is 1. The number of nitrogens with zero attached hydrogens (tertiary/aromatic N) is 3. The number of halogens is 2. The van der Waals surface area contributed by atoms with E-state index < -0.39 is 0 Å². The van der Waals surface area contributed by atoms with Gasteiger partial charge in [-0.1, -0.05) is 31.0 Å². The van der Waals surface area contributed by atoms with Gasteiger partial charge >= 0.3 is 0 Å². The van der Waals surface area contributed by atoms with Gasteiger partial charge in [-0.05, 0) is 43.2 Å². The highest BCUT2D eigenvalue weighted by molar-refractivity contribution is 5.96. The number of hydrogen-bond donors (Lipinski definition) is 1. The quantitative estimate of drug-likeness (QED) is 0.739. The third-order valence-electron chi connectivity index (χ3n) is 7.39. The predicted molar refractivity (Wildman–Crippen MR) is 127 cm³/mol. The van der Waals surface area contributed by atoms with Gasteiger partial charge in [-0.3, -0.25) is 14.5 Å². The van der Waals surface area contributed by atoms with Gasteiger partial charge in [0.2, 0.25) is 11.8 Å². The Morgan fingerprint density at radius 3 is 2.48 bits per heavy atom. The van der Waals surface area contributed by atoms with Crippen LogP contribution < -0.4 is 10.2 Å². The van der Waals surface area contributed by atoms with Crippen LogP contribution in [0.2, 0.25) is 0 Å². The lowest BCUT2D eigenvalue weighted by Gasteiger charge is -2.36. The Balaban J connectivity index is 0.00000136. The van der Waals surface area contributed by atoms with Crippen LogP contribution in [-0.2, 0) is 16.0 Å². The number of para-hydroxylation sites is 1. The van der Waals surface area contributed by atoms with Crippen LogP contribution in [0.5, 0.6) is 0 Å². The van der Waals surface area contributed by atoms with Crippen molar-refractivity contribution in [2.24, 2.45) is 5.92 Å². The zero-order valence-electron chi connectivity index (χ0n) is 18.0. The highest BCUT2D eigenvalue weighted by Crippen LogP contribution is 2.34. The molecule has 0 bridgehead atoms. The summed E-state index contributed by atoms with van der Waals surface area (Å²) in [6, 6.07) is 8.76. The zero-order chi connectivity index (χ0) is 19.8. The first-order valence-corrected chi connectivity index (χ1v) is 11.3. The van der Waals surface area contributed by atoms with Crippen molar-refractivity contribution in [1.82, 2.24) is 15.1 Å². The first kappa shape index (κ1) is 24.3. The van der Waals surface area contributed by atoms with Crippen LogP contribution in [0.25, 0.3) is 0 Å². The van der Waals surface area contributed by atoms with E-state index in [9.17, 15) is 9.59 Å². The Morgan fingerprint density at radius 2 is 1.71 bits per heavy atom. The monoisotopic (exact) mass is 468 g/mol. The van der Waals surface area contributed by atoms with Gasteiger partial charge < -0.3 is 15.1 Å². The van der Waals surface area contributed by atoms with Crippen molar-refractivity contribution in [3.05, 3.63) is 29.8 Å². The molecule has 1 aliphatic carbocycles. The molecule has 3 heterocycles. The van der Waals surface area contributed by atoms with Crippen LogP contribution in [0.1, 0.15) is 37.7 Å². The van der Waals surface area contributed by atoms with E-state index in [0.717, 1.165) is 51.3 Å². The smallest absolute Gasteiger partial charge is 0.241 e. The SMILES string of the molecule is Cl.Cl.O=C(C1CC2CCCCC2N1)N1CCN(CC(=O)N2CCc3ccccc32)CC1. The van der Waals surface area contributed by atoms with Gasteiger partial charge in [0.15, 0.2) is 0 Å². The second-order valence-corrected chi connectivity index (χ2v) is 9.13. The third-order valence-corrected chi connectivity index (χ3v) is 7.39. The molecule has 1 aromatic carbocycles. The molecule has 3 aliphatic heterocycles. The average molecular weight is 469 g/mol. The summed E-state index contributed by atoms with van der Waals surface area (Å²) in [7, 11) is 0. The molecule has 1 N–H and O–H groups in total. The van der Waals surface area contributed by atoms with E-state index in [0.29, 0.717) is 18.5 Å². The molecule has 6 nitrogen and oxygen atoms in total. The topological polar surface area (TPSA) is 55.9 Å². The van der Waals surface area contributed by atoms with Gasteiger partial charge in [0, 0.05) is 44.5 Å². The lowest BCUT2D eigenvalue weighted by atomic mass is 9.85. The standard InChI is InChI=1S/C23H32N4O2.2ClH/c28-22(27-10-9-17-5-2-4-8-21(17)27)16-25-11-13-26(14-12-25)23(29)20-15-18-6-1-3-7-19(18)24-20;;/h2,4-5,8,18-20,24H,1,3,6-7,9-16H2;2*1H. The summed E-state index contributed by atoms with van der Waals surface area (Å²) in [5.41, 5.74) is 2.33. The number of rotatable bonds is 3. The number of hydrogen-bond acceptors (Lipinski definition) is 4. The summed E-state index contributed by atoms with van der Waals surface area (Å²) in [5, 5.41) is 3.61. The molecule has 1 aromatic rings. The van der Waals surface area contributed by atoms with Crippen LogP contribution in [0.15, 0.2) is 24.3 Å². The van der Waals surface area contributed by atoms with Crippen molar-refractivity contribution in [3.8, 4) is 0 Å². The van der Waals surface area contributed by atoms with Crippen molar-refractivity contribution in [1.29, 1.82) is 0 Å². The summed E-state index contributed by atoms with van der Waals surface area (Å²) in [5.74, 6) is 1.15. The van der Waals surface area contributed by atoms with Crippen molar-refractivity contribution >= 4 is 42.3 Å². The molecule has 8 heteroatoms. The minimum absolute atomic E-state index is 0. The van der Waals surface area contributed by atoms with Crippen LogP contribution in [-0.4, -0.2) is 73.0 Å². The number of nitrogens with one attached hydrogen (secondary N) is 1. The largest absolute Gasteiger partial charge is 0.339 e. The first-order chi connectivity index (χ1) is 14.2. The zero-order valence-corrected chi connectivity index (χ0v) is 19.6. The molecular weight excluding hydrogens is 435 g/mol. The Bertz CT molecular complexity index is 771. The van der Waals surface area contributed by atoms with E-state index >= 15 is 0 Å². The Morgan fingerprint density at radius 1 is 0.968 bits per heavy atom. The summed E-state index contributed by atoms with van der Waals surface area (Å²) < 4.78 is 0. The molecule has 2 saturated heterocycles. The number of carbonyl (C=O) groups is 2. The number of amides is 2. The molecule has 3 atom stereocenters. The molecule has 31 heavy (non-hydrogen) atoms. The number of benzene rings is 1. The average Bonchev–Trinajstić information content (AvgIpc) is 3.38. The highest BCUT2D eigenvalue weighted by Gasteiger charge is 2.40. The molecule has 1 saturated carbocycles. The van der Waals surface area contributed by atoms with Gasteiger partial charge in [-0.2, -0.15) is 0 Å². The van der Waals surface area contributed by atoms with Gasteiger partial charge in [-0.15, -0.1) is 24.8 Å². The lowest BCUT2D eigenvalue weighted by molar-refractivity contribution is -0.135. The molecule has 0 radical (unpaired) electrons. The van der Waals surface area contributed by atoms with Crippen LogP contribution >= 0.6 is 24.8 Å². The third kappa shape index (κ3) is 5.03. The molecule has 172 valence electrons. The van der Waals surface area contributed by atoms with E-state index in [-0.39, 0.29) is 42.7 Å². The van der Waals surface area contributed by atoms with Crippen LogP contribution in [0, 0.1) is 5.92 Å². The van der Waals surface area contributed by atoms with Gasteiger partial charge in [-0.25, -0.2) is 0 Å². The fraction of sp³-hybridized carbons (Fsp3) is 0.652. The second-order valence-electron chi connectivity index (χ2n) is 9.13. The second kappa shape index (κ2) is 10.5. The maximum Gasteiger partial charge on any atom is 0.241 e. The molecule has 2 amide bonds. The van der Waals surface area contributed by atoms with Crippen LogP contribution in [0.3, 0.4) is 0 Å². The van der Waals surface area contributed by atoms with E-state index in [1.165, 1.54) is 31.2 Å². The molecule has 5 rings (SSSR count). The van der Waals surface area contributed by atoms with E-state index in [1.807, 2.05) is 28.0 Å². The van der Waals surface area contributed by atoms with Crippen molar-refractivity contribution < 1.29 is 9.59 Å². The maximum atomic E-state index is 13.0. The maximum absolute atomic E-state index is 13.0. The minimum Gasteiger partial charge on any atom is -0.339 e. The van der Waals surface area contributed by atoms with E-state index in [1.54, 1.807) is 0 Å². The van der Waals surface area contributed by atoms with E-state index in [4.69, 9.17) is 0 Å². The minimum atomic E-state index is 0. The summed E-state index contributed by atoms with van der Waals surface area (Å²) in [6.07, 6.45) is 7.07. The van der Waals surface area contributed by atoms with Crippen molar-refractivity contribution in [3.63, 3.8) is 0 Å². The molecule has 0 spiro atoms. The molecule has 0 aromatic heterocycles. The van der Waals surface area contributed by atoms with Gasteiger partial charge in [0.25, 0.3) is 0 Å². The fourth-order valence-electron chi connectivity index (χ4n) is 5.73. The number of fused-ring (bicyclic) bond motifs is 2. The number of carbonyl (C=O) groups excluding carboxylic acids is 2. The molecule has 3 fully saturated rings. The normalized spacial score (nSPS) is 27.7. The Hall–Kier alpha value is -1.34. The van der Waals surface area contributed by atoms with Crippen molar-refractivity contribution in [2.75, 3.05) is 44.2 Å². The van der Waals surface area contributed by atoms with Gasteiger partial charge in [0.1, 0.15) is 0 Å².